The fourth-order valence-electron chi connectivity index (χ4n) is 5.55. The molecule has 4 aromatic rings. The minimum Gasteiger partial charge on any atom is -0.508 e. The number of esters is 1. The van der Waals surface area contributed by atoms with Crippen LogP contribution in [0.15, 0.2) is 72.8 Å². The van der Waals surface area contributed by atoms with Crippen LogP contribution >= 0.6 is 0 Å². The van der Waals surface area contributed by atoms with Gasteiger partial charge in [-0.2, -0.15) is 0 Å². The summed E-state index contributed by atoms with van der Waals surface area (Å²) in [5.74, 6) is -3.11. The number of anilines is 1. The van der Waals surface area contributed by atoms with E-state index in [4.69, 9.17) is 23.7 Å². The average Bonchev–Trinajstić information content (AvgIpc) is 3.39. The number of phenols is 3. The Morgan fingerprint density at radius 3 is 2.40 bits per heavy atom. The lowest BCUT2D eigenvalue weighted by Gasteiger charge is -2.35. The Kier molecular flexibility index (Phi) is 9.40. The highest BCUT2D eigenvalue weighted by Crippen LogP contribution is 2.45. The fourth-order valence-corrected chi connectivity index (χ4v) is 5.55. The molecule has 4 aromatic carbocycles. The van der Waals surface area contributed by atoms with Crippen LogP contribution < -0.4 is 19.5 Å². The fraction of sp³-hybridized carbons (Fsp3) is 0.257. The molecule has 7 N–H and O–H groups in total. The van der Waals surface area contributed by atoms with Crippen molar-refractivity contribution in [3.63, 3.8) is 0 Å². The topological polar surface area (TPSA) is 214 Å². The van der Waals surface area contributed by atoms with Gasteiger partial charge in [0.25, 0.3) is 5.91 Å². The molecule has 5 atom stereocenters. The van der Waals surface area contributed by atoms with Crippen molar-refractivity contribution in [1.82, 2.24) is 0 Å². The molecule has 15 heteroatoms. The van der Waals surface area contributed by atoms with Crippen LogP contribution in [0.3, 0.4) is 0 Å². The quantitative estimate of drug-likeness (QED) is 0.0994. The molecular formula is C35H32FNO13. The van der Waals surface area contributed by atoms with E-state index in [1.165, 1.54) is 49.6 Å². The van der Waals surface area contributed by atoms with Crippen molar-refractivity contribution in [1.29, 1.82) is 0 Å². The Labute approximate surface area is 283 Å². The monoisotopic (exact) mass is 693 g/mol. The molecule has 14 nitrogen and oxygen atoms in total. The molecule has 6 rings (SSSR count). The van der Waals surface area contributed by atoms with Gasteiger partial charge in [0.15, 0.2) is 17.6 Å². The number of nitrogens with one attached hydrogen (secondary N) is 1. The van der Waals surface area contributed by atoms with Gasteiger partial charge in [-0.3, -0.25) is 4.79 Å². The van der Waals surface area contributed by atoms with Crippen LogP contribution in [0.1, 0.15) is 37.9 Å². The molecule has 0 radical (unpaired) electrons. The van der Waals surface area contributed by atoms with E-state index in [1.807, 2.05) is 0 Å². The summed E-state index contributed by atoms with van der Waals surface area (Å²) in [6.07, 6.45) is -5.59. The summed E-state index contributed by atoms with van der Waals surface area (Å²) in [6.45, 7) is -1.26. The number of benzene rings is 4. The molecule has 0 spiro atoms. The zero-order valence-corrected chi connectivity index (χ0v) is 26.3. The van der Waals surface area contributed by atoms with Crippen LogP contribution in [0.2, 0.25) is 0 Å². The van der Waals surface area contributed by atoms with Crippen LogP contribution in [0.4, 0.5) is 10.1 Å². The number of aliphatic hydroxyl groups is 3. The van der Waals surface area contributed by atoms with Crippen molar-refractivity contribution in [2.45, 2.75) is 36.6 Å². The maximum Gasteiger partial charge on any atom is 0.338 e. The largest absolute Gasteiger partial charge is 0.508 e. The zero-order valence-electron chi connectivity index (χ0n) is 26.3. The standard InChI is InChI=1S/C35H32FNO13/c1-46-21-6-2-17(3-7-21)32(43)37-24-10-19(4-8-23(24)36)33(44)49-29-14-22-27(48-30(29)18-5-9-25(40)26(41)11-18)12-20(39)13-28(22)50-34-31(42)35(45,15-38)16-47-34/h2-13,29-31,34,38-42,45H,14-16H2,1H3,(H,37,43)/t29-,30-,31?,34?,35?/m1/s1. The van der Waals surface area contributed by atoms with Gasteiger partial charge in [0.1, 0.15) is 46.6 Å². The van der Waals surface area contributed by atoms with Gasteiger partial charge >= 0.3 is 5.97 Å². The van der Waals surface area contributed by atoms with Crippen LogP contribution in [0.5, 0.6) is 34.5 Å². The number of amides is 1. The third kappa shape index (κ3) is 6.79. The molecule has 2 heterocycles. The predicted octanol–water partition coefficient (Wildman–Crippen LogP) is 2.92. The van der Waals surface area contributed by atoms with E-state index in [-0.39, 0.29) is 51.6 Å². The summed E-state index contributed by atoms with van der Waals surface area (Å²) < 4.78 is 43.1. The minimum absolute atomic E-state index is 0.0652. The number of ether oxygens (including phenoxy) is 5. The summed E-state index contributed by atoms with van der Waals surface area (Å²) in [6, 6.07) is 15.6. The molecule has 1 saturated heterocycles. The Balaban J connectivity index is 1.29. The van der Waals surface area contributed by atoms with Gasteiger partial charge < -0.3 is 59.6 Å². The molecule has 0 saturated carbocycles. The van der Waals surface area contributed by atoms with E-state index in [0.29, 0.717) is 5.75 Å². The second-order valence-corrected chi connectivity index (χ2v) is 11.7. The SMILES string of the molecule is COc1ccc(C(=O)Nc2cc(C(=O)O[C@@H]3Cc4c(OC5OCC(O)(CO)C5O)cc(O)cc4O[C@@H]3c3ccc(O)c(O)c3)ccc2F)cc1. The summed E-state index contributed by atoms with van der Waals surface area (Å²) in [5, 5.41) is 63.5. The van der Waals surface area contributed by atoms with E-state index in [9.17, 15) is 44.6 Å². The maximum absolute atomic E-state index is 14.8. The van der Waals surface area contributed by atoms with E-state index in [1.54, 1.807) is 12.1 Å². The summed E-state index contributed by atoms with van der Waals surface area (Å²) in [5.41, 5.74) is -1.70. The minimum atomic E-state index is -2.00. The molecule has 262 valence electrons. The van der Waals surface area contributed by atoms with Crippen LogP contribution in [-0.2, 0) is 15.9 Å². The lowest BCUT2D eigenvalue weighted by atomic mass is 9.93. The smallest absolute Gasteiger partial charge is 0.338 e. The van der Waals surface area contributed by atoms with E-state index < -0.39 is 72.6 Å². The number of rotatable bonds is 9. The lowest BCUT2D eigenvalue weighted by Crippen LogP contribution is -2.48. The first-order valence-corrected chi connectivity index (χ1v) is 15.2. The van der Waals surface area contributed by atoms with Gasteiger partial charge in [-0.05, 0) is 54.6 Å². The molecule has 1 fully saturated rings. The number of hydrogen-bond donors (Lipinski definition) is 7. The number of halogens is 1. The highest BCUT2D eigenvalue weighted by Gasteiger charge is 2.49. The van der Waals surface area contributed by atoms with Crippen molar-refractivity contribution in [3.8, 4) is 34.5 Å². The normalized spacial score (nSPS) is 22.6. The number of fused-ring (bicyclic) bond motifs is 1. The van der Waals surface area contributed by atoms with Gasteiger partial charge in [0.05, 0.1) is 31.6 Å². The summed E-state index contributed by atoms with van der Waals surface area (Å²) in [4.78, 5) is 26.4. The summed E-state index contributed by atoms with van der Waals surface area (Å²) in [7, 11) is 1.47. The Bertz CT molecular complexity index is 1920. The Morgan fingerprint density at radius 2 is 1.72 bits per heavy atom. The number of carbonyl (C=O) groups is 2. The second kappa shape index (κ2) is 13.7. The number of methoxy groups -OCH3 is 1. The van der Waals surface area contributed by atoms with Gasteiger partial charge in [-0.25, -0.2) is 9.18 Å². The number of phenolic OH excluding ortho intramolecular Hbond substituents is 3. The molecule has 2 aliphatic rings. The van der Waals surface area contributed by atoms with E-state index in [2.05, 4.69) is 5.32 Å². The first-order chi connectivity index (χ1) is 23.9. The summed E-state index contributed by atoms with van der Waals surface area (Å²) >= 11 is 0. The number of carbonyl (C=O) groups excluding carboxylic acids is 2. The first kappa shape index (κ1) is 34.3. The molecule has 1 amide bonds. The van der Waals surface area contributed by atoms with Crippen LogP contribution in [-0.4, -0.2) is 86.9 Å². The molecular weight excluding hydrogens is 661 g/mol. The van der Waals surface area contributed by atoms with E-state index in [0.717, 1.165) is 18.2 Å². The third-order valence-electron chi connectivity index (χ3n) is 8.36. The van der Waals surface area contributed by atoms with Gasteiger partial charge in [0.2, 0.25) is 6.29 Å². The average molecular weight is 694 g/mol. The zero-order chi connectivity index (χ0) is 35.7. The van der Waals surface area contributed by atoms with Crippen molar-refractivity contribution in [3.05, 3.63) is 101 Å². The molecule has 50 heavy (non-hydrogen) atoms. The Hall–Kier alpha value is -5.61. The number of aliphatic hydroxyl groups excluding tert-OH is 2. The van der Waals surface area contributed by atoms with Gasteiger partial charge in [-0.1, -0.05) is 6.07 Å². The van der Waals surface area contributed by atoms with Crippen molar-refractivity contribution in [2.75, 3.05) is 25.6 Å². The number of hydrogen-bond acceptors (Lipinski definition) is 13. The van der Waals surface area contributed by atoms with Crippen molar-refractivity contribution >= 4 is 17.6 Å². The highest BCUT2D eigenvalue weighted by atomic mass is 19.1. The molecule has 0 aromatic heterocycles. The predicted molar refractivity (Wildman–Crippen MR) is 170 cm³/mol. The third-order valence-corrected chi connectivity index (χ3v) is 8.36. The second-order valence-electron chi connectivity index (χ2n) is 11.7. The van der Waals surface area contributed by atoms with Crippen LogP contribution in [0.25, 0.3) is 0 Å². The van der Waals surface area contributed by atoms with Crippen molar-refractivity contribution < 1.29 is 68.3 Å². The lowest BCUT2D eigenvalue weighted by molar-refractivity contribution is -0.116. The van der Waals surface area contributed by atoms with Crippen molar-refractivity contribution in [2.24, 2.45) is 0 Å². The van der Waals surface area contributed by atoms with Gasteiger partial charge in [-0.15, -0.1) is 0 Å². The molecule has 3 unspecified atom stereocenters. The molecule has 0 bridgehead atoms. The Morgan fingerprint density at radius 1 is 0.980 bits per heavy atom. The number of aromatic hydroxyl groups is 3. The van der Waals surface area contributed by atoms with Gasteiger partial charge in [0, 0.05) is 35.2 Å². The molecule has 0 aliphatic carbocycles. The molecule has 2 aliphatic heterocycles. The van der Waals surface area contributed by atoms with Crippen LogP contribution in [0, 0.1) is 5.82 Å². The highest BCUT2D eigenvalue weighted by molar-refractivity contribution is 6.05. The first-order valence-electron chi connectivity index (χ1n) is 15.2. The maximum atomic E-state index is 14.8. The van der Waals surface area contributed by atoms with E-state index >= 15 is 0 Å².